The molecule has 0 saturated heterocycles. The Morgan fingerprint density at radius 2 is 0.496 bits per heavy atom. The number of oxazole rings is 1. The van der Waals surface area contributed by atoms with E-state index in [9.17, 15) is 0 Å². The summed E-state index contributed by atoms with van der Waals surface area (Å²) in [7, 11) is 0. The Bertz CT molecular complexity index is 9260. The highest BCUT2D eigenvalue weighted by Gasteiger charge is 2.23. The van der Waals surface area contributed by atoms with Gasteiger partial charge in [0.05, 0.1) is 31.8 Å². The van der Waals surface area contributed by atoms with Gasteiger partial charge in [0.2, 0.25) is 5.89 Å². The molecule has 27 aromatic rings. The largest absolute Gasteiger partial charge is 0.435 e. The van der Waals surface area contributed by atoms with Crippen LogP contribution in [0.3, 0.4) is 0 Å². The standard InChI is InChI=1S/C44H26N4S.C41H25N3O.C36H22N4S/c1-2-11-30(12-3-1)44-45-38-24-22-29-18-19-32-26-34(21-23-36(32)39(29)40(38)49-44)42-46-41(33-20-17-27-9-4-5-13-31(27)25-33)47-43(48-42)37-16-8-14-28-10-6-7-15-35(28)37;1-3-10-27(11-4-1)36-25-37(32-18-15-26-9-7-8-14-30(26)23-32)43-40(42-36)33-19-21-34-31(24-33)17-16-28-20-22-35-39(38(28)34)45-41(44-35)29-12-5-2-6-13-29;1-4-10-24(11-5-1)33-38-34(25-12-6-2-7-13-25)40-35(39-33)28-18-20-29-27(22-28)17-16-23-19-21-30-32(31(23)29)41-36(37-30)26-14-8-3-9-15-26/h1-26H;1-25H;1-22H. The molecular weight excluding hydrogens is 1690 g/mol. The van der Waals surface area contributed by atoms with Crippen molar-refractivity contribution in [2.45, 2.75) is 0 Å². The minimum Gasteiger partial charge on any atom is -0.435 e. The number of benzene rings is 21. The first-order chi connectivity index (χ1) is 66.8. The molecule has 0 saturated carbocycles. The third-order valence-corrected chi connectivity index (χ3v) is 27.4. The SMILES string of the molecule is c1ccc(-c2cc(-c3ccc4ccccc4c3)nc(-c3ccc4c(ccc5ccc6nc(-c7ccccc7)oc6c54)c3)n2)cc1.c1ccc(-c2nc(-c3ccccc3)nc(-c3ccc4c(ccc5ccc6nc(-c7ccccc7)sc6c54)c3)n2)cc1.c1ccc(-c2nc3ccc4ccc5cc(-c6nc(-c7ccc8ccccc8c7)nc(-c7cccc8ccccc78)n6)ccc5c4c3s2)cc1. The van der Waals surface area contributed by atoms with Crippen LogP contribution in [0.4, 0.5) is 0 Å². The molecule has 0 unspecified atom stereocenters. The monoisotopic (exact) mass is 1760 g/mol. The van der Waals surface area contributed by atoms with E-state index in [0.29, 0.717) is 46.7 Å². The molecule has 135 heavy (non-hydrogen) atoms. The molecule has 0 N–H and O–H groups in total. The Labute approximate surface area is 782 Å². The van der Waals surface area contributed by atoms with E-state index in [1.807, 2.05) is 127 Å². The smallest absolute Gasteiger partial charge is 0.227 e. The first-order valence-corrected chi connectivity index (χ1v) is 46.4. The van der Waals surface area contributed by atoms with Gasteiger partial charge in [0, 0.05) is 82.9 Å². The highest BCUT2D eigenvalue weighted by atomic mass is 32.1. The van der Waals surface area contributed by atoms with Crippen molar-refractivity contribution in [2.75, 3.05) is 0 Å². The van der Waals surface area contributed by atoms with E-state index >= 15 is 0 Å². The average Bonchev–Trinajstić information content (AvgIpc) is 1.61. The second-order valence-corrected chi connectivity index (χ2v) is 35.5. The van der Waals surface area contributed by atoms with Crippen molar-refractivity contribution in [2.24, 2.45) is 0 Å². The van der Waals surface area contributed by atoms with Gasteiger partial charge >= 0.3 is 0 Å². The number of hydrogen-bond acceptors (Lipinski definition) is 14. The zero-order valence-corrected chi connectivity index (χ0v) is 73.9. The third kappa shape index (κ3) is 15.2. The Balaban J connectivity index is 0.000000108. The molecule has 0 fully saturated rings. The molecule has 27 rings (SSSR count). The number of aromatic nitrogens is 11. The van der Waals surface area contributed by atoms with Crippen LogP contribution >= 0.6 is 22.7 Å². The minimum absolute atomic E-state index is 0.624. The van der Waals surface area contributed by atoms with Crippen LogP contribution in [0, 0.1) is 0 Å². The average molecular weight is 1760 g/mol. The molecule has 0 spiro atoms. The lowest BCUT2D eigenvalue weighted by molar-refractivity contribution is 0.623. The van der Waals surface area contributed by atoms with Gasteiger partial charge in [0.15, 0.2) is 46.4 Å². The summed E-state index contributed by atoms with van der Waals surface area (Å²) in [6.45, 7) is 0. The van der Waals surface area contributed by atoms with E-state index in [-0.39, 0.29) is 0 Å². The van der Waals surface area contributed by atoms with Gasteiger partial charge < -0.3 is 4.42 Å². The maximum atomic E-state index is 6.41. The molecule has 6 aromatic heterocycles. The number of rotatable bonds is 12. The second kappa shape index (κ2) is 34.0. The summed E-state index contributed by atoms with van der Waals surface area (Å²) in [6, 6.07) is 153. The molecule has 0 aliphatic carbocycles. The van der Waals surface area contributed by atoms with Crippen molar-refractivity contribution < 1.29 is 4.42 Å². The minimum atomic E-state index is 0.624. The van der Waals surface area contributed by atoms with Crippen molar-refractivity contribution in [3.63, 3.8) is 0 Å². The predicted molar refractivity (Wildman–Crippen MR) is 558 cm³/mol. The first kappa shape index (κ1) is 79.5. The fraction of sp³-hybridized carbons (Fsp3) is 0. The second-order valence-electron chi connectivity index (χ2n) is 33.5. The summed E-state index contributed by atoms with van der Waals surface area (Å²) < 4.78 is 8.82. The van der Waals surface area contributed by atoms with Crippen LogP contribution in [0.1, 0.15) is 0 Å². The molecule has 0 radical (unpaired) electrons. The Hall–Kier alpha value is -17.7. The van der Waals surface area contributed by atoms with E-state index in [4.69, 9.17) is 59.2 Å². The molecule has 21 aromatic carbocycles. The zero-order valence-electron chi connectivity index (χ0n) is 72.3. The summed E-state index contributed by atoms with van der Waals surface area (Å²) in [5.41, 5.74) is 17.5. The Morgan fingerprint density at radius 3 is 0.985 bits per heavy atom. The van der Waals surface area contributed by atoms with Gasteiger partial charge in [0.25, 0.3) is 0 Å². The van der Waals surface area contributed by atoms with E-state index in [0.717, 1.165) is 159 Å². The highest BCUT2D eigenvalue weighted by Crippen LogP contribution is 2.45. The molecule has 0 amide bonds. The van der Waals surface area contributed by atoms with Crippen molar-refractivity contribution >= 4 is 151 Å². The lowest BCUT2D eigenvalue weighted by Gasteiger charge is -2.12. The normalized spacial score (nSPS) is 11.6. The predicted octanol–water partition coefficient (Wildman–Crippen LogP) is 32.0. The van der Waals surface area contributed by atoms with Crippen molar-refractivity contribution in [3.8, 4) is 135 Å². The molecule has 630 valence electrons. The summed E-state index contributed by atoms with van der Waals surface area (Å²) in [5.74, 6) is 5.23. The van der Waals surface area contributed by atoms with E-state index in [2.05, 4.69) is 315 Å². The maximum Gasteiger partial charge on any atom is 0.227 e. The summed E-state index contributed by atoms with van der Waals surface area (Å²) in [6.07, 6.45) is 0. The van der Waals surface area contributed by atoms with Crippen LogP contribution < -0.4 is 0 Å². The topological polar surface area (TPSA) is 155 Å². The number of fused-ring (bicyclic) bond motifs is 18. The van der Waals surface area contributed by atoms with Crippen LogP contribution in [-0.2, 0) is 0 Å². The fourth-order valence-electron chi connectivity index (χ4n) is 18.4. The number of hydrogen-bond donors (Lipinski definition) is 0. The molecule has 0 aliphatic rings. The summed E-state index contributed by atoms with van der Waals surface area (Å²) in [4.78, 5) is 55.0. The van der Waals surface area contributed by atoms with Gasteiger partial charge in [0.1, 0.15) is 15.5 Å². The quantitative estimate of drug-likeness (QED) is 0.107. The molecule has 14 heteroatoms. The summed E-state index contributed by atoms with van der Waals surface area (Å²) in [5, 5.41) is 22.9. The lowest BCUT2D eigenvalue weighted by atomic mass is 9.99. The van der Waals surface area contributed by atoms with Crippen molar-refractivity contribution in [3.05, 3.63) is 443 Å². The maximum absolute atomic E-state index is 6.41. The van der Waals surface area contributed by atoms with E-state index in [1.165, 1.54) is 57.9 Å². The Morgan fingerprint density at radius 1 is 0.170 bits per heavy atom. The van der Waals surface area contributed by atoms with Gasteiger partial charge in [-0.05, 0) is 148 Å². The Kier molecular flexibility index (Phi) is 20.0. The first-order valence-electron chi connectivity index (χ1n) is 44.8. The van der Waals surface area contributed by atoms with Gasteiger partial charge in [-0.1, -0.05) is 376 Å². The molecule has 0 bridgehead atoms. The zero-order chi connectivity index (χ0) is 89.2. The van der Waals surface area contributed by atoms with E-state index < -0.39 is 0 Å². The van der Waals surface area contributed by atoms with Crippen LogP contribution in [0.25, 0.3) is 263 Å². The number of nitrogens with zero attached hydrogens (tertiary/aromatic N) is 11. The molecule has 0 aliphatic heterocycles. The highest BCUT2D eigenvalue weighted by molar-refractivity contribution is 7.23. The van der Waals surface area contributed by atoms with Crippen molar-refractivity contribution in [1.82, 2.24) is 54.8 Å². The van der Waals surface area contributed by atoms with Crippen LogP contribution in [-0.4, -0.2) is 54.8 Å². The van der Waals surface area contributed by atoms with Crippen LogP contribution in [0.5, 0.6) is 0 Å². The fourth-order valence-corrected chi connectivity index (χ4v) is 20.7. The number of thiazole rings is 2. The lowest BCUT2D eigenvalue weighted by Crippen LogP contribution is -2.00. The molecule has 6 heterocycles. The molecular formula is C121H73N11OS2. The van der Waals surface area contributed by atoms with Gasteiger partial charge in [-0.15, -0.1) is 22.7 Å². The molecule has 12 nitrogen and oxygen atoms in total. The summed E-state index contributed by atoms with van der Waals surface area (Å²) >= 11 is 3.50. The van der Waals surface area contributed by atoms with Crippen LogP contribution in [0.15, 0.2) is 447 Å². The third-order valence-electron chi connectivity index (χ3n) is 25.1. The van der Waals surface area contributed by atoms with Gasteiger partial charge in [-0.25, -0.2) is 54.8 Å². The van der Waals surface area contributed by atoms with E-state index in [1.54, 1.807) is 22.7 Å². The van der Waals surface area contributed by atoms with Crippen molar-refractivity contribution in [1.29, 1.82) is 0 Å². The van der Waals surface area contributed by atoms with Gasteiger partial charge in [-0.3, -0.25) is 0 Å². The van der Waals surface area contributed by atoms with Gasteiger partial charge in [-0.2, -0.15) is 0 Å². The molecule has 0 atom stereocenters. The van der Waals surface area contributed by atoms with Crippen LogP contribution in [0.2, 0.25) is 0 Å².